The number of nitriles is 1. The molecule has 0 N–H and O–H groups in total. The van der Waals surface area contributed by atoms with Gasteiger partial charge in [0.05, 0.1) is 26.7 Å². The summed E-state index contributed by atoms with van der Waals surface area (Å²) < 4.78 is 10.6. The van der Waals surface area contributed by atoms with Crippen molar-refractivity contribution in [2.75, 3.05) is 40.4 Å². The summed E-state index contributed by atoms with van der Waals surface area (Å²) in [5.41, 5.74) is 3.07. The van der Waals surface area contributed by atoms with Crippen LogP contribution in [-0.2, 0) is 11.2 Å². The molecule has 0 bridgehead atoms. The maximum Gasteiger partial charge on any atom is 0.227 e. The van der Waals surface area contributed by atoms with E-state index in [0.29, 0.717) is 44.1 Å². The van der Waals surface area contributed by atoms with E-state index >= 15 is 0 Å². The first-order chi connectivity index (χ1) is 14.0. The van der Waals surface area contributed by atoms with Crippen LogP contribution in [0.4, 0.5) is 0 Å². The van der Waals surface area contributed by atoms with Gasteiger partial charge in [-0.05, 0) is 30.2 Å². The van der Waals surface area contributed by atoms with Crippen LogP contribution in [0.5, 0.6) is 11.5 Å². The Hall–Kier alpha value is -3.04. The van der Waals surface area contributed by atoms with Gasteiger partial charge in [0.2, 0.25) is 5.91 Å². The van der Waals surface area contributed by atoms with Crippen molar-refractivity contribution in [1.29, 1.82) is 5.26 Å². The lowest BCUT2D eigenvalue weighted by atomic mass is 10.0. The number of ether oxygens (including phenoxy) is 2. The molecule has 1 fully saturated rings. The number of hydrogen-bond donors (Lipinski definition) is 0. The highest BCUT2D eigenvalue weighted by Gasteiger charge is 2.27. The minimum Gasteiger partial charge on any atom is -0.493 e. The van der Waals surface area contributed by atoms with Gasteiger partial charge in [-0.15, -0.1) is 0 Å². The van der Waals surface area contributed by atoms with Crippen molar-refractivity contribution in [3.8, 4) is 17.6 Å². The van der Waals surface area contributed by atoms with Gasteiger partial charge >= 0.3 is 0 Å². The number of carbonyl (C=O) groups is 1. The van der Waals surface area contributed by atoms with Crippen LogP contribution in [0.1, 0.15) is 22.7 Å². The van der Waals surface area contributed by atoms with Crippen molar-refractivity contribution >= 4 is 5.91 Å². The minimum absolute atomic E-state index is 0.0840. The first-order valence-electron chi connectivity index (χ1n) is 9.74. The summed E-state index contributed by atoms with van der Waals surface area (Å²) in [5, 5.41) is 9.67. The molecular formula is C23H27N3O3. The van der Waals surface area contributed by atoms with Crippen LogP contribution >= 0.6 is 0 Å². The average molecular weight is 393 g/mol. The molecule has 1 aliphatic rings. The molecule has 1 heterocycles. The zero-order valence-corrected chi connectivity index (χ0v) is 17.2. The average Bonchev–Trinajstić information content (AvgIpc) is 2.76. The summed E-state index contributed by atoms with van der Waals surface area (Å²) in [6.45, 7) is 4.65. The van der Waals surface area contributed by atoms with Crippen LogP contribution in [0.15, 0.2) is 42.5 Å². The second-order valence-electron chi connectivity index (χ2n) is 7.23. The molecule has 2 aromatic carbocycles. The van der Waals surface area contributed by atoms with E-state index in [-0.39, 0.29) is 11.9 Å². The number of nitrogens with zero attached hydrogens (tertiary/aromatic N) is 3. The van der Waals surface area contributed by atoms with Gasteiger partial charge in [0.1, 0.15) is 6.04 Å². The molecule has 0 aromatic heterocycles. The van der Waals surface area contributed by atoms with E-state index in [1.54, 1.807) is 14.2 Å². The third kappa shape index (κ3) is 4.87. The van der Waals surface area contributed by atoms with Crippen LogP contribution in [0.3, 0.4) is 0 Å². The van der Waals surface area contributed by atoms with Gasteiger partial charge < -0.3 is 14.4 Å². The largest absolute Gasteiger partial charge is 0.493 e. The van der Waals surface area contributed by atoms with E-state index in [4.69, 9.17) is 9.47 Å². The minimum atomic E-state index is -0.279. The second kappa shape index (κ2) is 9.44. The quantitative estimate of drug-likeness (QED) is 0.755. The topological polar surface area (TPSA) is 65.8 Å². The maximum atomic E-state index is 12.7. The van der Waals surface area contributed by atoms with Crippen LogP contribution in [0, 0.1) is 18.3 Å². The normalized spacial score (nSPS) is 15.4. The number of aryl methyl sites for hydroxylation is 1. The number of carbonyl (C=O) groups excluding carboxylic acids is 1. The Morgan fingerprint density at radius 2 is 1.69 bits per heavy atom. The van der Waals surface area contributed by atoms with Gasteiger partial charge in [-0.2, -0.15) is 5.26 Å². The van der Waals surface area contributed by atoms with Crippen LogP contribution in [-0.4, -0.2) is 56.1 Å². The van der Waals surface area contributed by atoms with E-state index in [2.05, 4.69) is 11.0 Å². The predicted octanol–water partition coefficient (Wildman–Crippen LogP) is 2.96. The Kier molecular flexibility index (Phi) is 6.73. The number of rotatable bonds is 6. The molecule has 6 nitrogen and oxygen atoms in total. The van der Waals surface area contributed by atoms with Crippen molar-refractivity contribution < 1.29 is 14.3 Å². The summed E-state index contributed by atoms with van der Waals surface area (Å²) in [7, 11) is 3.18. The molecule has 6 heteroatoms. The molecule has 0 radical (unpaired) electrons. The number of hydrogen-bond acceptors (Lipinski definition) is 5. The number of benzene rings is 2. The monoisotopic (exact) mass is 393 g/mol. The van der Waals surface area contributed by atoms with Gasteiger partial charge in [0, 0.05) is 26.2 Å². The Morgan fingerprint density at radius 3 is 2.28 bits per heavy atom. The fraction of sp³-hybridized carbons (Fsp3) is 0.391. The number of amides is 1. The second-order valence-corrected chi connectivity index (χ2v) is 7.23. The van der Waals surface area contributed by atoms with Crippen LogP contribution < -0.4 is 9.47 Å². The molecule has 0 spiro atoms. The third-order valence-corrected chi connectivity index (χ3v) is 5.35. The van der Waals surface area contributed by atoms with Crippen LogP contribution in [0.2, 0.25) is 0 Å². The van der Waals surface area contributed by atoms with E-state index in [1.165, 1.54) is 5.56 Å². The number of piperazine rings is 1. The van der Waals surface area contributed by atoms with Crippen molar-refractivity contribution in [2.45, 2.75) is 19.4 Å². The fourth-order valence-electron chi connectivity index (χ4n) is 3.62. The molecule has 1 amide bonds. The predicted molar refractivity (Wildman–Crippen MR) is 111 cm³/mol. The number of methoxy groups -OCH3 is 2. The first kappa shape index (κ1) is 20.7. The maximum absolute atomic E-state index is 12.7. The summed E-state index contributed by atoms with van der Waals surface area (Å²) in [6, 6.07) is 15.8. The van der Waals surface area contributed by atoms with Gasteiger partial charge in [-0.25, -0.2) is 0 Å². The Morgan fingerprint density at radius 1 is 1.03 bits per heavy atom. The van der Waals surface area contributed by atoms with Gasteiger partial charge in [-0.3, -0.25) is 9.69 Å². The molecule has 1 unspecified atom stereocenters. The van der Waals surface area contributed by atoms with E-state index in [1.807, 2.05) is 54.3 Å². The Balaban J connectivity index is 1.59. The summed E-state index contributed by atoms with van der Waals surface area (Å²) >= 11 is 0. The lowest BCUT2D eigenvalue weighted by Crippen LogP contribution is -2.49. The lowest BCUT2D eigenvalue weighted by Gasteiger charge is -2.37. The molecule has 1 saturated heterocycles. The standard InChI is InChI=1S/C23H27N3O3/c1-17-4-7-19(8-5-17)20(16-24)25-10-12-26(13-11-25)23(27)15-18-6-9-21(28-2)22(14-18)29-3/h4-9,14,20H,10-13,15H2,1-3H3. The van der Waals surface area contributed by atoms with Crippen LogP contribution in [0.25, 0.3) is 0 Å². The molecule has 0 saturated carbocycles. The van der Waals surface area contributed by atoms with Crippen molar-refractivity contribution in [1.82, 2.24) is 9.80 Å². The van der Waals surface area contributed by atoms with E-state index < -0.39 is 0 Å². The first-order valence-corrected chi connectivity index (χ1v) is 9.74. The molecule has 1 aliphatic heterocycles. The molecular weight excluding hydrogens is 366 g/mol. The van der Waals surface area contributed by atoms with Crippen molar-refractivity contribution in [3.63, 3.8) is 0 Å². The van der Waals surface area contributed by atoms with Gasteiger partial charge in [0.15, 0.2) is 11.5 Å². The van der Waals surface area contributed by atoms with Crippen molar-refractivity contribution in [3.05, 3.63) is 59.2 Å². The molecule has 0 aliphatic carbocycles. The Labute approximate surface area is 172 Å². The zero-order chi connectivity index (χ0) is 20.8. The zero-order valence-electron chi connectivity index (χ0n) is 17.2. The summed E-state index contributed by atoms with van der Waals surface area (Å²) in [6.07, 6.45) is 0.319. The molecule has 152 valence electrons. The highest BCUT2D eigenvalue weighted by atomic mass is 16.5. The Bertz CT molecular complexity index is 881. The lowest BCUT2D eigenvalue weighted by molar-refractivity contribution is -0.132. The highest BCUT2D eigenvalue weighted by Crippen LogP contribution is 2.28. The molecule has 29 heavy (non-hydrogen) atoms. The SMILES string of the molecule is COc1ccc(CC(=O)N2CCN(C(C#N)c3ccc(C)cc3)CC2)cc1OC. The molecule has 2 aromatic rings. The molecule has 1 atom stereocenters. The van der Waals surface area contributed by atoms with E-state index in [9.17, 15) is 10.1 Å². The summed E-state index contributed by atoms with van der Waals surface area (Å²) in [4.78, 5) is 16.8. The van der Waals surface area contributed by atoms with E-state index in [0.717, 1.165) is 11.1 Å². The van der Waals surface area contributed by atoms with Gasteiger partial charge in [0.25, 0.3) is 0 Å². The third-order valence-electron chi connectivity index (χ3n) is 5.35. The highest BCUT2D eigenvalue weighted by molar-refractivity contribution is 5.79. The summed E-state index contributed by atoms with van der Waals surface area (Å²) in [5.74, 6) is 1.36. The van der Waals surface area contributed by atoms with Crippen molar-refractivity contribution in [2.24, 2.45) is 0 Å². The molecule has 3 rings (SSSR count). The smallest absolute Gasteiger partial charge is 0.227 e. The fourth-order valence-corrected chi connectivity index (χ4v) is 3.62. The van der Waals surface area contributed by atoms with Gasteiger partial charge in [-0.1, -0.05) is 35.9 Å².